The van der Waals surface area contributed by atoms with Gasteiger partial charge in [0.25, 0.3) is 0 Å². The third-order valence-electron chi connectivity index (χ3n) is 2.96. The van der Waals surface area contributed by atoms with Crippen molar-refractivity contribution >= 4 is 10.0 Å². The number of rotatable bonds is 6. The van der Waals surface area contributed by atoms with Gasteiger partial charge in [-0.15, -0.1) is 0 Å². The first-order chi connectivity index (χ1) is 9.08. The summed E-state index contributed by atoms with van der Waals surface area (Å²) in [5, 5.41) is 9.82. The molecule has 0 aromatic heterocycles. The van der Waals surface area contributed by atoms with E-state index in [-0.39, 0.29) is 17.5 Å². The third kappa shape index (κ3) is 4.28. The second-order valence-corrected chi connectivity index (χ2v) is 7.54. The van der Waals surface area contributed by atoms with Crippen molar-refractivity contribution in [2.24, 2.45) is 5.73 Å². The molecule has 0 aliphatic heterocycles. The topological polar surface area (TPSA) is 83.6 Å². The Morgan fingerprint density at radius 2 is 1.80 bits per heavy atom. The zero-order valence-electron chi connectivity index (χ0n) is 12.5. The van der Waals surface area contributed by atoms with Gasteiger partial charge in [-0.1, -0.05) is 19.1 Å². The second-order valence-electron chi connectivity index (χ2n) is 5.60. The van der Waals surface area contributed by atoms with Gasteiger partial charge in [0.15, 0.2) is 0 Å². The van der Waals surface area contributed by atoms with E-state index < -0.39 is 15.6 Å². The van der Waals surface area contributed by atoms with Crippen LogP contribution in [0.2, 0.25) is 0 Å². The lowest BCUT2D eigenvalue weighted by molar-refractivity contribution is 0.0601. The molecular weight excluding hydrogens is 276 g/mol. The molecule has 114 valence electrons. The van der Waals surface area contributed by atoms with E-state index in [9.17, 15) is 13.5 Å². The minimum atomic E-state index is -3.59. The molecule has 5 nitrogen and oxygen atoms in total. The summed E-state index contributed by atoms with van der Waals surface area (Å²) in [7, 11) is -3.59. The predicted molar refractivity (Wildman–Crippen MR) is 79.8 cm³/mol. The lowest BCUT2D eigenvalue weighted by Crippen LogP contribution is -2.42. The van der Waals surface area contributed by atoms with Gasteiger partial charge < -0.3 is 10.8 Å². The zero-order valence-corrected chi connectivity index (χ0v) is 13.3. The Bertz CT molecular complexity index is 531. The van der Waals surface area contributed by atoms with Crippen LogP contribution in [0, 0.1) is 0 Å². The van der Waals surface area contributed by atoms with E-state index in [2.05, 4.69) is 0 Å². The molecule has 0 spiro atoms. The maximum atomic E-state index is 12.5. The number of nitrogens with two attached hydrogens (primary N) is 1. The first-order valence-corrected chi connectivity index (χ1v) is 8.10. The predicted octanol–water partition coefficient (Wildman–Crippen LogP) is 1.49. The van der Waals surface area contributed by atoms with E-state index in [1.807, 2.05) is 6.92 Å². The van der Waals surface area contributed by atoms with Crippen molar-refractivity contribution in [2.75, 3.05) is 13.1 Å². The summed E-state index contributed by atoms with van der Waals surface area (Å²) in [4.78, 5) is 0.216. The van der Waals surface area contributed by atoms with Gasteiger partial charge in [-0.25, -0.2) is 8.42 Å². The molecule has 1 atom stereocenters. The normalized spacial score (nSPS) is 14.6. The molecule has 1 aromatic rings. The van der Waals surface area contributed by atoms with Gasteiger partial charge in [0.1, 0.15) is 0 Å². The third-order valence-corrected chi connectivity index (χ3v) is 4.89. The number of hydrogen-bond acceptors (Lipinski definition) is 4. The van der Waals surface area contributed by atoms with Crippen molar-refractivity contribution in [1.29, 1.82) is 0 Å². The monoisotopic (exact) mass is 300 g/mol. The number of sulfonamides is 1. The van der Waals surface area contributed by atoms with Crippen molar-refractivity contribution in [3.8, 4) is 0 Å². The molecule has 0 fully saturated rings. The minimum absolute atomic E-state index is 0.0564. The van der Waals surface area contributed by atoms with E-state index >= 15 is 0 Å². The first-order valence-electron chi connectivity index (χ1n) is 6.66. The van der Waals surface area contributed by atoms with Crippen LogP contribution in [0.3, 0.4) is 0 Å². The molecule has 1 rings (SSSR count). The Hall–Kier alpha value is -0.950. The van der Waals surface area contributed by atoms with Gasteiger partial charge >= 0.3 is 0 Å². The second kappa shape index (κ2) is 6.22. The van der Waals surface area contributed by atoms with Gasteiger partial charge in [-0.2, -0.15) is 4.31 Å². The Morgan fingerprint density at radius 1 is 1.30 bits per heavy atom. The fourth-order valence-corrected chi connectivity index (χ4v) is 3.49. The van der Waals surface area contributed by atoms with Crippen LogP contribution in [0.15, 0.2) is 29.2 Å². The van der Waals surface area contributed by atoms with E-state index in [0.717, 1.165) is 5.56 Å². The van der Waals surface area contributed by atoms with Gasteiger partial charge in [-0.3, -0.25) is 0 Å². The van der Waals surface area contributed by atoms with Crippen molar-refractivity contribution in [1.82, 2.24) is 4.31 Å². The smallest absolute Gasteiger partial charge is 0.243 e. The lowest BCUT2D eigenvalue weighted by atomic mass is 10.1. The fraction of sp³-hybridized carbons (Fsp3) is 0.571. The highest BCUT2D eigenvalue weighted by Crippen LogP contribution is 2.20. The quantitative estimate of drug-likeness (QED) is 0.833. The largest absolute Gasteiger partial charge is 0.389 e. The van der Waals surface area contributed by atoms with E-state index in [1.165, 1.54) is 4.31 Å². The highest BCUT2D eigenvalue weighted by molar-refractivity contribution is 7.89. The lowest BCUT2D eigenvalue weighted by Gasteiger charge is -2.27. The number of hydrogen-bond donors (Lipinski definition) is 2. The zero-order chi connectivity index (χ0) is 15.6. The Labute approximate surface area is 121 Å². The van der Waals surface area contributed by atoms with Crippen LogP contribution in [0.25, 0.3) is 0 Å². The average Bonchev–Trinajstić information content (AvgIpc) is 2.34. The van der Waals surface area contributed by atoms with Crippen LogP contribution >= 0.6 is 0 Å². The molecule has 0 radical (unpaired) electrons. The average molecular weight is 300 g/mol. The molecule has 1 aromatic carbocycles. The molecule has 6 heteroatoms. The summed E-state index contributed by atoms with van der Waals surface area (Å²) >= 11 is 0. The van der Waals surface area contributed by atoms with Crippen molar-refractivity contribution in [3.05, 3.63) is 29.8 Å². The molecule has 0 bridgehead atoms. The van der Waals surface area contributed by atoms with E-state index in [4.69, 9.17) is 5.73 Å². The molecule has 0 saturated carbocycles. The molecule has 0 saturated heterocycles. The van der Waals surface area contributed by atoms with Crippen LogP contribution in [0.1, 0.15) is 39.3 Å². The Balaban J connectivity index is 3.08. The van der Waals surface area contributed by atoms with Gasteiger partial charge in [0, 0.05) is 19.1 Å². The number of nitrogens with zero attached hydrogens (tertiary/aromatic N) is 1. The van der Waals surface area contributed by atoms with Crippen LogP contribution < -0.4 is 5.73 Å². The molecule has 0 aliphatic carbocycles. The Kier molecular flexibility index (Phi) is 5.32. The summed E-state index contributed by atoms with van der Waals surface area (Å²) in [5.74, 6) is 0. The maximum Gasteiger partial charge on any atom is 0.243 e. The van der Waals surface area contributed by atoms with Crippen LogP contribution in [-0.2, 0) is 10.0 Å². The van der Waals surface area contributed by atoms with Gasteiger partial charge in [0.05, 0.1) is 10.5 Å². The summed E-state index contributed by atoms with van der Waals surface area (Å²) < 4.78 is 26.3. The maximum absolute atomic E-state index is 12.5. The summed E-state index contributed by atoms with van der Waals surface area (Å²) in [6.45, 7) is 7.13. The first kappa shape index (κ1) is 17.1. The number of benzene rings is 1. The summed E-state index contributed by atoms with van der Waals surface area (Å²) in [6.07, 6.45) is 0. The van der Waals surface area contributed by atoms with Crippen molar-refractivity contribution in [3.63, 3.8) is 0 Å². The van der Waals surface area contributed by atoms with E-state index in [0.29, 0.717) is 6.54 Å². The molecule has 0 amide bonds. The molecule has 1 unspecified atom stereocenters. The number of aliphatic hydroxyl groups is 1. The van der Waals surface area contributed by atoms with Crippen molar-refractivity contribution in [2.45, 2.75) is 44.2 Å². The fourth-order valence-electron chi connectivity index (χ4n) is 1.89. The van der Waals surface area contributed by atoms with Gasteiger partial charge in [-0.05, 0) is 38.5 Å². The minimum Gasteiger partial charge on any atom is -0.389 e. The van der Waals surface area contributed by atoms with E-state index in [1.54, 1.807) is 45.0 Å². The van der Waals surface area contributed by atoms with Crippen molar-refractivity contribution < 1.29 is 13.5 Å². The summed E-state index contributed by atoms with van der Waals surface area (Å²) in [6, 6.07) is 6.41. The Morgan fingerprint density at radius 3 is 2.15 bits per heavy atom. The van der Waals surface area contributed by atoms with Gasteiger partial charge in [0.2, 0.25) is 10.0 Å². The molecule has 0 heterocycles. The highest BCUT2D eigenvalue weighted by Gasteiger charge is 2.28. The standard InChI is InChI=1S/C14H24N2O3S/c1-5-16(10-14(3,4)17)20(18,19)13-8-6-12(7-9-13)11(2)15/h6-9,11,17H,5,10,15H2,1-4H3. The van der Waals surface area contributed by atoms with Crippen LogP contribution in [0.5, 0.6) is 0 Å². The SMILES string of the molecule is CCN(CC(C)(C)O)S(=O)(=O)c1ccc(C(C)N)cc1. The molecule has 0 aliphatic rings. The molecule has 3 N–H and O–H groups in total. The van der Waals surface area contributed by atoms with Crippen LogP contribution in [-0.4, -0.2) is 36.5 Å². The molecular formula is C14H24N2O3S. The molecule has 20 heavy (non-hydrogen) atoms. The summed E-state index contributed by atoms with van der Waals surface area (Å²) in [5.41, 5.74) is 5.56. The van der Waals surface area contributed by atoms with Crippen LogP contribution in [0.4, 0.5) is 0 Å². The number of likely N-dealkylation sites (N-methyl/N-ethyl adjacent to an activating group) is 1. The highest BCUT2D eigenvalue weighted by atomic mass is 32.2.